The van der Waals surface area contributed by atoms with E-state index in [9.17, 15) is 4.39 Å². The quantitative estimate of drug-likeness (QED) is 0.330. The Morgan fingerprint density at radius 2 is 1.60 bits per heavy atom. The highest BCUT2D eigenvalue weighted by molar-refractivity contribution is 9.10. The topological polar surface area (TPSA) is 30.5 Å². The number of benzene rings is 3. The maximum Gasteiger partial charge on any atom is 0.162 e. The van der Waals surface area contributed by atoms with Gasteiger partial charge in [0, 0.05) is 33.2 Å². The van der Waals surface area contributed by atoms with Gasteiger partial charge < -0.3 is 14.8 Å². The molecule has 0 aliphatic heterocycles. The Balaban J connectivity index is 1.70. The van der Waals surface area contributed by atoms with Gasteiger partial charge in [-0.1, -0.05) is 57.3 Å². The molecule has 0 fully saturated rings. The zero-order valence-electron chi connectivity index (χ0n) is 16.4. The predicted molar refractivity (Wildman–Crippen MR) is 123 cm³/mol. The minimum absolute atomic E-state index is 0.229. The highest BCUT2D eigenvalue weighted by Gasteiger charge is 2.13. The maximum absolute atomic E-state index is 13.0. The van der Waals surface area contributed by atoms with Gasteiger partial charge in [0.2, 0.25) is 0 Å². The van der Waals surface area contributed by atoms with E-state index in [1.807, 2.05) is 19.1 Å². The van der Waals surface area contributed by atoms with Crippen molar-refractivity contribution in [3.05, 3.63) is 91.6 Å². The molecule has 158 valence electrons. The Labute approximate surface area is 194 Å². The van der Waals surface area contributed by atoms with E-state index in [-0.39, 0.29) is 12.4 Å². The Hall–Kier alpha value is -1.79. The fraction of sp³-hybridized carbons (Fsp3) is 0.217. The van der Waals surface area contributed by atoms with Crippen LogP contribution < -0.4 is 14.8 Å². The molecule has 7 heteroatoms. The molecule has 0 radical (unpaired) electrons. The standard InChI is InChI=1S/C23H21BrCl2FNO2/c1-2-29-22-10-16(13-28-12-15-6-8-17(27)9-7-15)19(24)11-23(22)30-14-18-20(25)4-3-5-21(18)26/h3-11,28H,2,12-14H2,1H3. The van der Waals surface area contributed by atoms with Gasteiger partial charge in [-0.05, 0) is 54.4 Å². The fourth-order valence-electron chi connectivity index (χ4n) is 2.86. The van der Waals surface area contributed by atoms with Crippen LogP contribution in [0.25, 0.3) is 0 Å². The summed E-state index contributed by atoms with van der Waals surface area (Å²) < 4.78 is 25.7. The second kappa shape index (κ2) is 11.0. The molecular formula is C23H21BrCl2FNO2. The van der Waals surface area contributed by atoms with Crippen LogP contribution in [0.5, 0.6) is 11.5 Å². The van der Waals surface area contributed by atoms with Gasteiger partial charge in [-0.2, -0.15) is 0 Å². The smallest absolute Gasteiger partial charge is 0.162 e. The first-order valence-electron chi connectivity index (χ1n) is 9.44. The van der Waals surface area contributed by atoms with Crippen LogP contribution >= 0.6 is 39.1 Å². The van der Waals surface area contributed by atoms with Crippen molar-refractivity contribution in [3.8, 4) is 11.5 Å². The molecule has 1 N–H and O–H groups in total. The summed E-state index contributed by atoms with van der Waals surface area (Å²) in [4.78, 5) is 0. The Bertz CT molecular complexity index is 979. The van der Waals surface area contributed by atoms with Gasteiger partial charge in [-0.25, -0.2) is 4.39 Å². The first kappa shape index (κ1) is 22.9. The van der Waals surface area contributed by atoms with Crippen molar-refractivity contribution in [2.75, 3.05) is 6.61 Å². The second-order valence-corrected chi connectivity index (χ2v) is 8.21. The maximum atomic E-state index is 13.0. The zero-order valence-corrected chi connectivity index (χ0v) is 19.5. The van der Waals surface area contributed by atoms with Crippen molar-refractivity contribution in [2.45, 2.75) is 26.6 Å². The summed E-state index contributed by atoms with van der Waals surface area (Å²) in [5.41, 5.74) is 2.75. The van der Waals surface area contributed by atoms with E-state index in [2.05, 4.69) is 21.2 Å². The normalized spacial score (nSPS) is 10.8. The second-order valence-electron chi connectivity index (χ2n) is 6.54. The van der Waals surface area contributed by atoms with Crippen molar-refractivity contribution in [3.63, 3.8) is 0 Å². The van der Waals surface area contributed by atoms with Crippen LogP contribution in [0.2, 0.25) is 10.0 Å². The fourth-order valence-corrected chi connectivity index (χ4v) is 3.83. The zero-order chi connectivity index (χ0) is 21.5. The molecule has 0 saturated carbocycles. The number of hydrogen-bond acceptors (Lipinski definition) is 3. The van der Waals surface area contributed by atoms with Crippen molar-refractivity contribution >= 4 is 39.1 Å². The Morgan fingerprint density at radius 1 is 0.933 bits per heavy atom. The average Bonchev–Trinajstić information content (AvgIpc) is 2.72. The molecule has 3 nitrogen and oxygen atoms in total. The van der Waals surface area contributed by atoms with Crippen molar-refractivity contribution in [1.29, 1.82) is 0 Å². The minimum atomic E-state index is -0.239. The van der Waals surface area contributed by atoms with Gasteiger partial charge in [-0.3, -0.25) is 0 Å². The van der Waals surface area contributed by atoms with Gasteiger partial charge in [0.25, 0.3) is 0 Å². The lowest BCUT2D eigenvalue weighted by molar-refractivity contribution is 0.269. The van der Waals surface area contributed by atoms with Gasteiger partial charge in [-0.15, -0.1) is 0 Å². The SMILES string of the molecule is CCOc1cc(CNCc2ccc(F)cc2)c(Br)cc1OCc1c(Cl)cccc1Cl. The average molecular weight is 513 g/mol. The molecular weight excluding hydrogens is 492 g/mol. The Morgan fingerprint density at radius 3 is 2.27 bits per heavy atom. The number of halogens is 4. The van der Waals surface area contributed by atoms with Crippen LogP contribution in [0.15, 0.2) is 59.1 Å². The van der Waals surface area contributed by atoms with E-state index in [0.717, 1.165) is 21.2 Å². The first-order chi connectivity index (χ1) is 14.5. The first-order valence-corrected chi connectivity index (χ1v) is 11.0. The highest BCUT2D eigenvalue weighted by atomic mass is 79.9. The summed E-state index contributed by atoms with van der Waals surface area (Å²) in [6.45, 7) is 3.89. The van der Waals surface area contributed by atoms with Crippen LogP contribution in [0, 0.1) is 5.82 Å². The summed E-state index contributed by atoms with van der Waals surface area (Å²) in [6, 6.07) is 15.6. The Kier molecular flexibility index (Phi) is 8.40. The lowest BCUT2D eigenvalue weighted by Crippen LogP contribution is -2.13. The van der Waals surface area contributed by atoms with Crippen LogP contribution in [0.1, 0.15) is 23.6 Å². The summed E-state index contributed by atoms with van der Waals surface area (Å²) in [5, 5.41) is 4.47. The molecule has 0 aliphatic rings. The molecule has 0 heterocycles. The van der Waals surface area contributed by atoms with Gasteiger partial charge >= 0.3 is 0 Å². The number of ether oxygens (including phenoxy) is 2. The number of rotatable bonds is 9. The summed E-state index contributed by atoms with van der Waals surface area (Å²) >= 11 is 16.1. The molecule has 0 spiro atoms. The molecule has 3 rings (SSSR count). The molecule has 0 aliphatic carbocycles. The molecule has 3 aromatic carbocycles. The monoisotopic (exact) mass is 511 g/mol. The minimum Gasteiger partial charge on any atom is -0.490 e. The molecule has 0 atom stereocenters. The number of hydrogen-bond donors (Lipinski definition) is 1. The van der Waals surface area contributed by atoms with E-state index < -0.39 is 0 Å². The summed E-state index contributed by atoms with van der Waals surface area (Å²) in [5.74, 6) is 1.00. The van der Waals surface area contributed by atoms with Gasteiger partial charge in [0.15, 0.2) is 11.5 Å². The summed E-state index contributed by atoms with van der Waals surface area (Å²) in [7, 11) is 0. The third-order valence-corrected chi connectivity index (χ3v) is 5.85. The molecule has 0 bridgehead atoms. The molecule has 30 heavy (non-hydrogen) atoms. The third kappa shape index (κ3) is 6.11. The highest BCUT2D eigenvalue weighted by Crippen LogP contribution is 2.35. The molecule has 0 unspecified atom stereocenters. The van der Waals surface area contributed by atoms with Crippen molar-refractivity contribution < 1.29 is 13.9 Å². The molecule has 0 amide bonds. The van der Waals surface area contributed by atoms with E-state index in [1.54, 1.807) is 30.3 Å². The van der Waals surface area contributed by atoms with Crippen molar-refractivity contribution in [1.82, 2.24) is 5.32 Å². The van der Waals surface area contributed by atoms with Gasteiger partial charge in [0.1, 0.15) is 12.4 Å². The van der Waals surface area contributed by atoms with E-state index in [1.165, 1.54) is 12.1 Å². The number of nitrogens with one attached hydrogen (secondary N) is 1. The molecule has 3 aromatic rings. The summed E-state index contributed by atoms with van der Waals surface area (Å²) in [6.07, 6.45) is 0. The van der Waals surface area contributed by atoms with Gasteiger partial charge in [0.05, 0.1) is 6.61 Å². The lowest BCUT2D eigenvalue weighted by atomic mass is 10.1. The van der Waals surface area contributed by atoms with E-state index >= 15 is 0 Å². The van der Waals surface area contributed by atoms with Crippen LogP contribution in [-0.2, 0) is 19.7 Å². The van der Waals surface area contributed by atoms with E-state index in [0.29, 0.717) is 41.2 Å². The van der Waals surface area contributed by atoms with Crippen molar-refractivity contribution in [2.24, 2.45) is 0 Å². The van der Waals surface area contributed by atoms with Crippen LogP contribution in [0.4, 0.5) is 4.39 Å². The lowest BCUT2D eigenvalue weighted by Gasteiger charge is -2.16. The van der Waals surface area contributed by atoms with E-state index in [4.69, 9.17) is 32.7 Å². The predicted octanol–water partition coefficient (Wildman–Crippen LogP) is 7.16. The molecule has 0 saturated heterocycles. The third-order valence-electron chi connectivity index (χ3n) is 4.40. The van der Waals surface area contributed by atoms with Crippen LogP contribution in [0.3, 0.4) is 0 Å². The largest absolute Gasteiger partial charge is 0.490 e. The molecule has 0 aromatic heterocycles. The van der Waals surface area contributed by atoms with Crippen LogP contribution in [-0.4, -0.2) is 6.61 Å².